The fourth-order valence-corrected chi connectivity index (χ4v) is 8.16. The lowest BCUT2D eigenvalue weighted by atomic mass is 9.48. The van der Waals surface area contributed by atoms with Gasteiger partial charge in [0.15, 0.2) is 0 Å². The number of rotatable bonds is 11. The summed E-state index contributed by atoms with van der Waals surface area (Å²) in [6.07, 6.45) is 11.5. The minimum atomic E-state index is -0.757. The first-order chi connectivity index (χ1) is 18.5. The van der Waals surface area contributed by atoms with Crippen LogP contribution in [0.1, 0.15) is 68.6 Å². The Balaban J connectivity index is 0.952. The first-order valence-corrected chi connectivity index (χ1v) is 14.4. The van der Waals surface area contributed by atoms with E-state index in [1.807, 2.05) is 6.07 Å². The minimum absolute atomic E-state index is 0.00328. The SMILES string of the molecule is O=c1ccc2c([C@@H](O)CNCCc3cccc(OCCCC45CC6CC(CC(C6)C4)C5)c3)ccc(O)c2[nH]1. The van der Waals surface area contributed by atoms with E-state index < -0.39 is 6.10 Å². The number of H-pyrrole nitrogens is 1. The van der Waals surface area contributed by atoms with E-state index in [2.05, 4.69) is 28.5 Å². The molecule has 4 aliphatic carbocycles. The third kappa shape index (κ3) is 5.48. The number of aromatic amines is 1. The van der Waals surface area contributed by atoms with E-state index in [0.29, 0.717) is 28.4 Å². The largest absolute Gasteiger partial charge is 0.506 e. The second kappa shape index (κ2) is 10.7. The molecule has 4 saturated carbocycles. The Kier molecular flexibility index (Phi) is 7.19. The molecule has 4 fully saturated rings. The number of phenolic OH excluding ortho intramolecular Hbond substituents is 1. The first kappa shape index (κ1) is 25.4. The van der Waals surface area contributed by atoms with Crippen molar-refractivity contribution in [1.82, 2.24) is 10.3 Å². The number of ether oxygens (including phenoxy) is 1. The maximum absolute atomic E-state index is 11.6. The maximum atomic E-state index is 11.6. The van der Waals surface area contributed by atoms with Crippen molar-refractivity contribution < 1.29 is 14.9 Å². The zero-order chi connectivity index (χ0) is 26.1. The summed E-state index contributed by atoms with van der Waals surface area (Å²) >= 11 is 0. The van der Waals surface area contributed by atoms with Gasteiger partial charge in [0.2, 0.25) is 5.56 Å². The van der Waals surface area contributed by atoms with Crippen molar-refractivity contribution in [2.75, 3.05) is 19.7 Å². The number of aromatic nitrogens is 1. The van der Waals surface area contributed by atoms with E-state index in [1.165, 1.54) is 62.6 Å². The molecule has 7 rings (SSSR count). The van der Waals surface area contributed by atoms with E-state index >= 15 is 0 Å². The molecule has 1 heterocycles. The second-order valence-corrected chi connectivity index (χ2v) is 12.3. The van der Waals surface area contributed by atoms with Crippen molar-refractivity contribution in [1.29, 1.82) is 0 Å². The van der Waals surface area contributed by atoms with Crippen LogP contribution < -0.4 is 15.6 Å². The summed E-state index contributed by atoms with van der Waals surface area (Å²) in [6.45, 7) is 1.89. The van der Waals surface area contributed by atoms with Gasteiger partial charge >= 0.3 is 0 Å². The summed E-state index contributed by atoms with van der Waals surface area (Å²) in [6, 6.07) is 14.6. The van der Waals surface area contributed by atoms with Gasteiger partial charge in [-0.2, -0.15) is 0 Å². The Morgan fingerprint density at radius 1 is 1.03 bits per heavy atom. The first-order valence-electron chi connectivity index (χ1n) is 14.4. The van der Waals surface area contributed by atoms with Gasteiger partial charge in [-0.25, -0.2) is 0 Å². The molecule has 2 aromatic carbocycles. The van der Waals surface area contributed by atoms with E-state index in [1.54, 1.807) is 12.1 Å². The lowest BCUT2D eigenvalue weighted by molar-refractivity contribution is -0.0593. The van der Waals surface area contributed by atoms with Crippen molar-refractivity contribution in [2.45, 2.75) is 63.9 Å². The Morgan fingerprint density at radius 2 is 1.79 bits per heavy atom. The molecular formula is C32H40N2O4. The van der Waals surface area contributed by atoms with Gasteiger partial charge < -0.3 is 25.3 Å². The maximum Gasteiger partial charge on any atom is 0.248 e. The van der Waals surface area contributed by atoms with E-state index in [9.17, 15) is 15.0 Å². The average molecular weight is 517 g/mol. The van der Waals surface area contributed by atoms with E-state index in [4.69, 9.17) is 4.74 Å². The number of hydrogen-bond donors (Lipinski definition) is 4. The number of aromatic hydroxyl groups is 1. The van der Waals surface area contributed by atoms with Crippen molar-refractivity contribution in [2.24, 2.45) is 23.2 Å². The van der Waals surface area contributed by atoms with Gasteiger partial charge in [-0.15, -0.1) is 0 Å². The lowest BCUT2D eigenvalue weighted by Gasteiger charge is -2.57. The molecule has 0 spiro atoms. The third-order valence-electron chi connectivity index (χ3n) is 9.38. The monoisotopic (exact) mass is 516 g/mol. The number of aliphatic hydroxyl groups excluding tert-OH is 1. The van der Waals surface area contributed by atoms with Gasteiger partial charge in [-0.1, -0.05) is 18.2 Å². The predicted molar refractivity (Wildman–Crippen MR) is 150 cm³/mol. The van der Waals surface area contributed by atoms with Crippen LogP contribution in [0.3, 0.4) is 0 Å². The van der Waals surface area contributed by atoms with Gasteiger partial charge in [0.05, 0.1) is 18.2 Å². The highest BCUT2D eigenvalue weighted by Gasteiger charge is 2.50. The van der Waals surface area contributed by atoms with Crippen LogP contribution in [0.4, 0.5) is 0 Å². The highest BCUT2D eigenvalue weighted by Crippen LogP contribution is 2.61. The molecular weight excluding hydrogens is 476 g/mol. The van der Waals surface area contributed by atoms with Crippen molar-refractivity contribution in [3.8, 4) is 11.5 Å². The highest BCUT2D eigenvalue weighted by atomic mass is 16.5. The number of nitrogens with one attached hydrogen (secondary N) is 2. The van der Waals surface area contributed by atoms with Gasteiger partial charge in [0.25, 0.3) is 0 Å². The van der Waals surface area contributed by atoms with Crippen LogP contribution in [0.2, 0.25) is 0 Å². The van der Waals surface area contributed by atoms with Gasteiger partial charge in [0.1, 0.15) is 11.5 Å². The summed E-state index contributed by atoms with van der Waals surface area (Å²) < 4.78 is 6.17. The summed E-state index contributed by atoms with van der Waals surface area (Å²) in [7, 11) is 0. The molecule has 1 atom stereocenters. The van der Waals surface area contributed by atoms with Crippen LogP contribution in [-0.4, -0.2) is 34.9 Å². The molecule has 6 heteroatoms. The third-order valence-corrected chi connectivity index (χ3v) is 9.38. The molecule has 4 aliphatic rings. The lowest BCUT2D eigenvalue weighted by Crippen LogP contribution is -2.46. The Hall–Kier alpha value is -2.83. The molecule has 0 amide bonds. The molecule has 0 aliphatic heterocycles. The quantitative estimate of drug-likeness (QED) is 0.253. The molecule has 4 bridgehead atoms. The van der Waals surface area contributed by atoms with Crippen molar-refractivity contribution in [3.05, 3.63) is 70.0 Å². The summed E-state index contributed by atoms with van der Waals surface area (Å²) in [5, 5.41) is 24.8. The molecule has 1 aromatic heterocycles. The van der Waals surface area contributed by atoms with Crippen molar-refractivity contribution in [3.63, 3.8) is 0 Å². The molecule has 0 saturated heterocycles. The van der Waals surface area contributed by atoms with Crippen LogP contribution in [0, 0.1) is 23.2 Å². The fraction of sp³-hybridized carbons (Fsp3) is 0.531. The fourth-order valence-electron chi connectivity index (χ4n) is 8.16. The number of pyridine rings is 1. The molecule has 202 valence electrons. The van der Waals surface area contributed by atoms with Crippen LogP contribution in [-0.2, 0) is 6.42 Å². The number of benzene rings is 2. The number of fused-ring (bicyclic) bond motifs is 1. The summed E-state index contributed by atoms with van der Waals surface area (Å²) in [4.78, 5) is 14.3. The number of hydrogen-bond acceptors (Lipinski definition) is 5. The molecule has 6 nitrogen and oxygen atoms in total. The zero-order valence-electron chi connectivity index (χ0n) is 22.1. The topological polar surface area (TPSA) is 94.6 Å². The second-order valence-electron chi connectivity index (χ2n) is 12.3. The number of phenols is 1. The smallest absolute Gasteiger partial charge is 0.248 e. The van der Waals surface area contributed by atoms with Gasteiger partial charge in [-0.3, -0.25) is 4.79 Å². The number of aliphatic hydroxyl groups is 1. The molecule has 38 heavy (non-hydrogen) atoms. The van der Waals surface area contributed by atoms with Crippen LogP contribution in [0.25, 0.3) is 10.9 Å². The normalized spacial score (nSPS) is 26.6. The van der Waals surface area contributed by atoms with E-state index in [-0.39, 0.29) is 11.3 Å². The van der Waals surface area contributed by atoms with Gasteiger partial charge in [0, 0.05) is 18.0 Å². The van der Waals surface area contributed by atoms with E-state index in [0.717, 1.165) is 49.5 Å². The molecule has 0 radical (unpaired) electrons. The predicted octanol–water partition coefficient (Wildman–Crippen LogP) is 5.47. The van der Waals surface area contributed by atoms with Crippen LogP contribution >= 0.6 is 0 Å². The summed E-state index contributed by atoms with van der Waals surface area (Å²) in [5.41, 5.74) is 2.57. The molecule has 4 N–H and O–H groups in total. The Bertz CT molecular complexity index is 1300. The standard InChI is InChI=1S/C32H40N2O4/c35-28-7-5-26(27-6-8-30(37)34-31(27)28)29(36)20-33-11-9-21-3-1-4-25(16-21)38-12-2-10-32-17-22-13-23(18-32)15-24(14-22)19-32/h1,3-8,16,22-24,29,33,35-36H,2,9-15,17-20H2,(H,34,37)/t22?,23?,24?,29-,32?/m0/s1. The molecule has 0 unspecified atom stereocenters. The minimum Gasteiger partial charge on any atom is -0.506 e. The van der Waals surface area contributed by atoms with Crippen LogP contribution in [0.15, 0.2) is 53.3 Å². The summed E-state index contributed by atoms with van der Waals surface area (Å²) in [5.74, 6) is 3.98. The molecule has 3 aromatic rings. The van der Waals surface area contributed by atoms with Crippen LogP contribution in [0.5, 0.6) is 11.5 Å². The average Bonchev–Trinajstić information content (AvgIpc) is 2.89. The zero-order valence-corrected chi connectivity index (χ0v) is 22.1. The Morgan fingerprint density at radius 3 is 2.55 bits per heavy atom. The van der Waals surface area contributed by atoms with Gasteiger partial charge in [-0.05, 0) is 123 Å². The Labute approximate surface area is 224 Å². The highest BCUT2D eigenvalue weighted by molar-refractivity contribution is 5.87. The van der Waals surface area contributed by atoms with Crippen molar-refractivity contribution >= 4 is 10.9 Å².